The summed E-state index contributed by atoms with van der Waals surface area (Å²) in [6.07, 6.45) is 3.52. The van der Waals surface area contributed by atoms with E-state index in [1.807, 2.05) is 34.6 Å². The molecule has 0 aromatic heterocycles. The summed E-state index contributed by atoms with van der Waals surface area (Å²) in [7, 11) is 0. The van der Waals surface area contributed by atoms with E-state index in [1.54, 1.807) is 13.0 Å². The highest BCUT2D eigenvalue weighted by Crippen LogP contribution is 2.27. The predicted octanol–water partition coefficient (Wildman–Crippen LogP) is 2.91. The first kappa shape index (κ1) is 24.7. The number of imide groups is 2. The van der Waals surface area contributed by atoms with Crippen molar-refractivity contribution in [3.8, 4) is 0 Å². The van der Waals surface area contributed by atoms with E-state index < -0.39 is 23.8 Å². The fraction of sp³-hybridized carbons (Fsp3) is 0.474. The van der Waals surface area contributed by atoms with Crippen molar-refractivity contribution in [3.63, 3.8) is 0 Å². The second-order valence-corrected chi connectivity index (χ2v) is 4.54. The van der Waals surface area contributed by atoms with Crippen LogP contribution >= 0.6 is 0 Å². The van der Waals surface area contributed by atoms with Gasteiger partial charge in [0.2, 0.25) is 11.8 Å². The van der Waals surface area contributed by atoms with Gasteiger partial charge in [0.15, 0.2) is 0 Å². The molecule has 2 aliphatic rings. The van der Waals surface area contributed by atoms with E-state index in [4.69, 9.17) is 0 Å². The number of hydrogen-bond acceptors (Lipinski definition) is 4. The summed E-state index contributed by atoms with van der Waals surface area (Å²) in [4.78, 5) is 47.5. The van der Waals surface area contributed by atoms with Gasteiger partial charge in [0, 0.05) is 17.6 Å². The highest BCUT2D eigenvalue weighted by molar-refractivity contribution is 6.25. The van der Waals surface area contributed by atoms with Crippen LogP contribution in [0.2, 0.25) is 0 Å². The minimum Gasteiger partial charge on any atom is -0.295 e. The van der Waals surface area contributed by atoms with Gasteiger partial charge in [-0.05, 0) is 20.3 Å². The molecule has 2 aliphatic heterocycles. The number of hydrogen-bond donors (Lipinski definition) is 1. The maximum Gasteiger partial charge on any atom is 0.261 e. The molecule has 0 aromatic carbocycles. The Labute approximate surface area is 150 Å². The van der Waals surface area contributed by atoms with Gasteiger partial charge in [-0.15, -0.1) is 6.58 Å². The lowest BCUT2D eigenvalue weighted by Crippen LogP contribution is -2.54. The van der Waals surface area contributed by atoms with Crippen molar-refractivity contribution in [2.45, 2.75) is 60.4 Å². The van der Waals surface area contributed by atoms with Crippen LogP contribution in [-0.2, 0) is 19.2 Å². The van der Waals surface area contributed by atoms with Gasteiger partial charge in [0.25, 0.3) is 11.8 Å². The second-order valence-electron chi connectivity index (χ2n) is 4.54. The molecular formula is C19H30N2O4. The maximum atomic E-state index is 12.0. The van der Waals surface area contributed by atoms with Crippen molar-refractivity contribution in [2.75, 3.05) is 0 Å². The summed E-state index contributed by atoms with van der Waals surface area (Å²) in [5, 5.41) is 2.12. The maximum absolute atomic E-state index is 12.0. The summed E-state index contributed by atoms with van der Waals surface area (Å²) >= 11 is 0. The SMILES string of the molecule is C=C1C(=O)N(C2CCC(=O)NC2=O)C(=O)/C1=C/C.C=CC.CC.CC. The Morgan fingerprint density at radius 1 is 1.04 bits per heavy atom. The first-order chi connectivity index (χ1) is 11.9. The number of allylic oxidation sites excluding steroid dienone is 2. The molecule has 2 saturated heterocycles. The first-order valence-corrected chi connectivity index (χ1v) is 8.53. The largest absolute Gasteiger partial charge is 0.295 e. The highest BCUT2D eigenvalue weighted by Gasteiger charge is 2.45. The lowest BCUT2D eigenvalue weighted by molar-refractivity contribution is -0.149. The summed E-state index contributed by atoms with van der Waals surface area (Å²) in [6.45, 7) is 18.4. The van der Waals surface area contributed by atoms with Crippen LogP contribution in [0.5, 0.6) is 0 Å². The number of carbonyl (C=O) groups excluding carboxylic acids is 4. The molecule has 2 fully saturated rings. The average molecular weight is 350 g/mol. The third-order valence-electron chi connectivity index (χ3n) is 3.06. The zero-order valence-corrected chi connectivity index (χ0v) is 16.1. The van der Waals surface area contributed by atoms with Gasteiger partial charge in [-0.1, -0.05) is 46.4 Å². The fourth-order valence-corrected chi connectivity index (χ4v) is 2.12. The first-order valence-electron chi connectivity index (χ1n) is 8.53. The number of piperidine rings is 1. The quantitative estimate of drug-likeness (QED) is 0.448. The van der Waals surface area contributed by atoms with Crippen molar-refractivity contribution >= 4 is 23.6 Å². The monoisotopic (exact) mass is 350 g/mol. The number of nitrogens with zero attached hydrogens (tertiary/aromatic N) is 1. The summed E-state index contributed by atoms with van der Waals surface area (Å²) in [5.41, 5.74) is 0.303. The molecule has 1 unspecified atom stereocenters. The molecule has 4 amide bonds. The van der Waals surface area contributed by atoms with Crippen molar-refractivity contribution in [2.24, 2.45) is 0 Å². The molecule has 0 bridgehead atoms. The molecule has 0 spiro atoms. The van der Waals surface area contributed by atoms with Crippen LogP contribution in [0, 0.1) is 0 Å². The molecule has 2 rings (SSSR count). The van der Waals surface area contributed by atoms with Crippen LogP contribution < -0.4 is 5.32 Å². The number of amides is 4. The van der Waals surface area contributed by atoms with Crippen LogP contribution in [0.3, 0.4) is 0 Å². The van der Waals surface area contributed by atoms with E-state index in [0.29, 0.717) is 0 Å². The Kier molecular flexibility index (Phi) is 12.7. The molecule has 0 aliphatic carbocycles. The van der Waals surface area contributed by atoms with E-state index in [-0.39, 0.29) is 29.9 Å². The molecule has 0 saturated carbocycles. The number of carbonyl (C=O) groups is 4. The van der Waals surface area contributed by atoms with Crippen LogP contribution in [0.15, 0.2) is 36.5 Å². The summed E-state index contributed by atoms with van der Waals surface area (Å²) in [5.74, 6) is -2.09. The lowest BCUT2D eigenvalue weighted by Gasteiger charge is -2.27. The molecule has 6 heteroatoms. The van der Waals surface area contributed by atoms with Gasteiger partial charge in [-0.25, -0.2) is 0 Å². The summed E-state index contributed by atoms with van der Waals surface area (Å²) < 4.78 is 0. The lowest BCUT2D eigenvalue weighted by atomic mass is 10.0. The number of rotatable bonds is 1. The highest BCUT2D eigenvalue weighted by atomic mass is 16.2. The minimum atomic E-state index is -0.920. The molecule has 0 radical (unpaired) electrons. The Balaban J connectivity index is 0. The fourth-order valence-electron chi connectivity index (χ4n) is 2.12. The molecule has 6 nitrogen and oxygen atoms in total. The molecule has 1 atom stereocenters. The topological polar surface area (TPSA) is 83.6 Å². The van der Waals surface area contributed by atoms with Crippen molar-refractivity contribution in [1.29, 1.82) is 0 Å². The number of likely N-dealkylation sites (tertiary alicyclic amines) is 1. The smallest absolute Gasteiger partial charge is 0.261 e. The molecule has 1 N–H and O–H groups in total. The van der Waals surface area contributed by atoms with Crippen LogP contribution in [0.4, 0.5) is 0 Å². The van der Waals surface area contributed by atoms with Gasteiger partial charge in [-0.2, -0.15) is 0 Å². The van der Waals surface area contributed by atoms with Crippen LogP contribution in [0.25, 0.3) is 0 Å². The second kappa shape index (κ2) is 12.9. The van der Waals surface area contributed by atoms with Crippen LogP contribution in [0.1, 0.15) is 54.4 Å². The average Bonchev–Trinajstić information content (AvgIpc) is 2.82. The van der Waals surface area contributed by atoms with Crippen LogP contribution in [-0.4, -0.2) is 34.6 Å². The molecular weight excluding hydrogens is 320 g/mol. The Morgan fingerprint density at radius 3 is 1.88 bits per heavy atom. The van der Waals surface area contributed by atoms with E-state index in [9.17, 15) is 19.2 Å². The Hall–Kier alpha value is -2.50. The van der Waals surface area contributed by atoms with E-state index in [1.165, 1.54) is 6.08 Å². The normalized spacial score (nSPS) is 20.6. The molecule has 25 heavy (non-hydrogen) atoms. The van der Waals surface area contributed by atoms with Gasteiger partial charge in [-0.3, -0.25) is 29.4 Å². The molecule has 140 valence electrons. The number of nitrogens with one attached hydrogen (secondary N) is 1. The third-order valence-corrected chi connectivity index (χ3v) is 3.06. The van der Waals surface area contributed by atoms with Gasteiger partial charge < -0.3 is 0 Å². The predicted molar refractivity (Wildman–Crippen MR) is 99.5 cm³/mol. The molecule has 0 aromatic rings. The summed E-state index contributed by atoms with van der Waals surface area (Å²) in [6, 6.07) is -0.920. The van der Waals surface area contributed by atoms with E-state index in [2.05, 4.69) is 18.5 Å². The van der Waals surface area contributed by atoms with Gasteiger partial charge >= 0.3 is 0 Å². The van der Waals surface area contributed by atoms with Crippen molar-refractivity contribution in [1.82, 2.24) is 10.2 Å². The molecule has 2 heterocycles. The van der Waals surface area contributed by atoms with Gasteiger partial charge in [0.05, 0.1) is 0 Å². The Morgan fingerprint density at radius 2 is 1.52 bits per heavy atom. The van der Waals surface area contributed by atoms with E-state index >= 15 is 0 Å². The van der Waals surface area contributed by atoms with E-state index in [0.717, 1.165) is 4.90 Å². The standard InChI is InChI=1S/C12H12N2O4.C3H6.2C2H6/c1-3-7-6(2)11(17)14(12(7)18)8-4-5-9(15)13-10(8)16;1-3-2;2*1-2/h3,8H,2,4-5H2,1H3,(H,13,15,16);3H,1H2,2H3;2*1-2H3/b7-3+;;;. The van der Waals surface area contributed by atoms with Crippen molar-refractivity contribution in [3.05, 3.63) is 36.5 Å². The Bertz CT molecular complexity index is 562. The van der Waals surface area contributed by atoms with Crippen molar-refractivity contribution < 1.29 is 19.2 Å². The minimum absolute atomic E-state index is 0.0900. The zero-order chi connectivity index (χ0) is 20.2. The van der Waals surface area contributed by atoms with Gasteiger partial charge in [0.1, 0.15) is 6.04 Å². The zero-order valence-electron chi connectivity index (χ0n) is 16.1. The third kappa shape index (κ3) is 6.14.